The maximum atomic E-state index is 15.1. The molecule has 0 saturated carbocycles. The molecule has 0 bridgehead atoms. The van der Waals surface area contributed by atoms with Crippen molar-refractivity contribution in [2.75, 3.05) is 32.2 Å². The van der Waals surface area contributed by atoms with Crippen molar-refractivity contribution in [2.24, 2.45) is 5.73 Å². The summed E-state index contributed by atoms with van der Waals surface area (Å²) in [4.78, 5) is 34.8. The molecule has 0 aliphatic carbocycles. The highest BCUT2D eigenvalue weighted by Gasteiger charge is 2.30. The van der Waals surface area contributed by atoms with Crippen molar-refractivity contribution in [3.63, 3.8) is 0 Å². The van der Waals surface area contributed by atoms with Crippen molar-refractivity contribution < 1.29 is 23.5 Å². The number of hydrogen-bond donors (Lipinski definition) is 2. The van der Waals surface area contributed by atoms with Gasteiger partial charge in [0.05, 0.1) is 27.5 Å². The molecule has 2 aromatic heterocycles. The van der Waals surface area contributed by atoms with Crippen LogP contribution in [-0.2, 0) is 9.47 Å². The molecule has 1 aromatic carbocycles. The Kier molecular flexibility index (Phi) is 7.48. The zero-order chi connectivity index (χ0) is 26.0. The van der Waals surface area contributed by atoms with Gasteiger partial charge in [-0.2, -0.15) is 5.10 Å². The van der Waals surface area contributed by atoms with Crippen LogP contribution in [0.25, 0.3) is 5.69 Å². The van der Waals surface area contributed by atoms with E-state index in [2.05, 4.69) is 20.4 Å². The van der Waals surface area contributed by atoms with Gasteiger partial charge in [-0.15, -0.1) is 0 Å². The number of nitrogens with zero attached hydrogens (tertiary/aromatic N) is 5. The molecule has 0 spiro atoms. The largest absolute Gasteiger partial charge is 0.366 e. The molecule has 190 valence electrons. The third-order valence-corrected chi connectivity index (χ3v) is 6.10. The smallest absolute Gasteiger partial charge is 0.253 e. The highest BCUT2D eigenvalue weighted by molar-refractivity contribution is 6.34. The Bertz CT molecular complexity index is 1300. The lowest BCUT2D eigenvalue weighted by Crippen LogP contribution is -2.37. The summed E-state index contributed by atoms with van der Waals surface area (Å²) in [5, 5.41) is 7.41. The third-order valence-electron chi connectivity index (χ3n) is 5.79. The van der Waals surface area contributed by atoms with Crippen molar-refractivity contribution in [1.29, 1.82) is 0 Å². The van der Waals surface area contributed by atoms with Crippen molar-refractivity contribution in [1.82, 2.24) is 25.1 Å². The summed E-state index contributed by atoms with van der Waals surface area (Å²) in [6, 6.07) is 5.85. The number of carbonyl (C=O) groups excluding carboxylic acids is 2. The van der Waals surface area contributed by atoms with Gasteiger partial charge in [-0.1, -0.05) is 11.6 Å². The number of nitrogens with one attached hydrogen (secondary N) is 1. The minimum Gasteiger partial charge on any atom is -0.366 e. The van der Waals surface area contributed by atoms with E-state index in [0.717, 1.165) is 0 Å². The van der Waals surface area contributed by atoms with E-state index in [1.807, 2.05) is 0 Å². The number of primary amides is 1. The molecule has 0 unspecified atom stereocenters. The molecule has 3 heterocycles. The molecule has 1 aliphatic rings. The average Bonchev–Trinajstić information content (AvgIpc) is 3.49. The number of ether oxygens (including phenoxy) is 2. The molecule has 2 amide bonds. The Morgan fingerprint density at radius 3 is 2.61 bits per heavy atom. The molecule has 0 radical (unpaired) electrons. The Morgan fingerprint density at radius 1 is 1.25 bits per heavy atom. The number of halogens is 2. The van der Waals surface area contributed by atoms with Gasteiger partial charge in [-0.3, -0.25) is 9.59 Å². The zero-order valence-electron chi connectivity index (χ0n) is 19.9. The maximum absolute atomic E-state index is 15.1. The van der Waals surface area contributed by atoms with Crippen molar-refractivity contribution in [3.05, 3.63) is 64.1 Å². The van der Waals surface area contributed by atoms with Crippen LogP contribution < -0.4 is 16.0 Å². The van der Waals surface area contributed by atoms with E-state index in [1.165, 1.54) is 20.3 Å². The predicted molar refractivity (Wildman–Crippen MR) is 129 cm³/mol. The minimum absolute atomic E-state index is 0.0670. The summed E-state index contributed by atoms with van der Waals surface area (Å²) in [5.74, 6) is -1.61. The average molecular weight is 518 g/mol. The molecule has 36 heavy (non-hydrogen) atoms. The molecule has 3 N–H and O–H groups in total. The van der Waals surface area contributed by atoms with Gasteiger partial charge < -0.3 is 25.4 Å². The lowest BCUT2D eigenvalue weighted by molar-refractivity contribution is -0.108. The normalized spacial score (nSPS) is 15.5. The monoisotopic (exact) mass is 517 g/mol. The third kappa shape index (κ3) is 5.15. The molecule has 1 atom stereocenters. The Labute approximate surface area is 211 Å². The molecule has 1 saturated heterocycles. The van der Waals surface area contributed by atoms with Gasteiger partial charge in [0.15, 0.2) is 11.6 Å². The van der Waals surface area contributed by atoms with Crippen LogP contribution in [0, 0.1) is 12.7 Å². The zero-order valence-corrected chi connectivity index (χ0v) is 20.6. The van der Waals surface area contributed by atoms with Gasteiger partial charge in [-0.05, 0) is 37.6 Å². The number of rotatable bonds is 8. The van der Waals surface area contributed by atoms with Crippen LogP contribution in [0.1, 0.15) is 44.9 Å². The first-order chi connectivity index (χ1) is 17.2. The summed E-state index contributed by atoms with van der Waals surface area (Å²) < 4.78 is 27.1. The summed E-state index contributed by atoms with van der Waals surface area (Å²) >= 11 is 6.37. The van der Waals surface area contributed by atoms with E-state index in [0.29, 0.717) is 30.0 Å². The Morgan fingerprint density at radius 2 is 2.00 bits per heavy atom. The topological polar surface area (TPSA) is 137 Å². The van der Waals surface area contributed by atoms with Gasteiger partial charge >= 0.3 is 0 Å². The number of aryl methyl sites for hydroxylation is 1. The van der Waals surface area contributed by atoms with E-state index in [4.69, 9.17) is 26.8 Å². The minimum atomic E-state index is -0.938. The van der Waals surface area contributed by atoms with Crippen LogP contribution in [0.2, 0.25) is 5.02 Å². The molecule has 1 aliphatic heterocycles. The highest BCUT2D eigenvalue weighted by Crippen LogP contribution is 2.28. The van der Waals surface area contributed by atoms with Gasteiger partial charge in [-0.25, -0.2) is 19.0 Å². The van der Waals surface area contributed by atoms with Crippen LogP contribution in [-0.4, -0.2) is 64.9 Å². The predicted octanol–water partition coefficient (Wildman–Crippen LogP) is 2.16. The van der Waals surface area contributed by atoms with Crippen LogP contribution >= 0.6 is 11.6 Å². The van der Waals surface area contributed by atoms with Crippen LogP contribution in [0.4, 0.5) is 10.2 Å². The van der Waals surface area contributed by atoms with Gasteiger partial charge in [0, 0.05) is 33.4 Å². The fraction of sp³-hybridized carbons (Fsp3) is 0.348. The van der Waals surface area contributed by atoms with E-state index in [9.17, 15) is 9.59 Å². The Hall–Kier alpha value is -3.61. The highest BCUT2D eigenvalue weighted by atomic mass is 35.5. The van der Waals surface area contributed by atoms with Gasteiger partial charge in [0.2, 0.25) is 6.29 Å². The number of aromatic nitrogens is 4. The first-order valence-corrected chi connectivity index (χ1v) is 11.4. The summed E-state index contributed by atoms with van der Waals surface area (Å²) in [6.07, 6.45) is 1.17. The molecular formula is C23H25ClFN7O4. The number of pyridine rings is 1. The van der Waals surface area contributed by atoms with Crippen LogP contribution in [0.5, 0.6) is 0 Å². The van der Waals surface area contributed by atoms with E-state index in [1.54, 1.807) is 41.0 Å². The molecule has 11 nitrogen and oxygen atoms in total. The van der Waals surface area contributed by atoms with Crippen molar-refractivity contribution >= 4 is 29.2 Å². The first kappa shape index (κ1) is 25.5. The lowest BCUT2D eigenvalue weighted by Gasteiger charge is -2.22. The van der Waals surface area contributed by atoms with E-state index in [-0.39, 0.29) is 40.6 Å². The molecule has 1 fully saturated rings. The van der Waals surface area contributed by atoms with Crippen molar-refractivity contribution in [3.8, 4) is 5.69 Å². The van der Waals surface area contributed by atoms with Crippen LogP contribution in [0.15, 0.2) is 30.6 Å². The molecule has 3 aromatic rings. The summed E-state index contributed by atoms with van der Waals surface area (Å²) in [5.41, 5.74) is 6.21. The number of nitrogens with two attached hydrogens (primary N) is 1. The molecular weight excluding hydrogens is 493 g/mol. The summed E-state index contributed by atoms with van der Waals surface area (Å²) in [7, 11) is 2.80. The fourth-order valence-corrected chi connectivity index (χ4v) is 4.28. The van der Waals surface area contributed by atoms with Crippen LogP contribution in [0.3, 0.4) is 0 Å². The second-order valence-corrected chi connectivity index (χ2v) is 8.61. The molecule has 13 heteroatoms. The number of hydrogen-bond acceptors (Lipinski definition) is 8. The Balaban J connectivity index is 1.50. The maximum Gasteiger partial charge on any atom is 0.253 e. The van der Waals surface area contributed by atoms with E-state index < -0.39 is 18.0 Å². The quantitative estimate of drug-likeness (QED) is 0.434. The van der Waals surface area contributed by atoms with E-state index >= 15 is 4.39 Å². The molecule has 4 rings (SSSR count). The number of amides is 2. The van der Waals surface area contributed by atoms with Gasteiger partial charge in [0.1, 0.15) is 12.2 Å². The second kappa shape index (κ2) is 10.6. The fourth-order valence-electron chi connectivity index (χ4n) is 4.02. The second-order valence-electron chi connectivity index (χ2n) is 8.21. The first-order valence-electron chi connectivity index (χ1n) is 11.0. The standard InChI is InChI=1S/C23H25ClFN7O4/c1-12-27-11-32(30-12)14-4-5-15(17(24)8-14)22(34)28-13-6-7-31(10-13)21-19(25)16(20(26)33)9-18(29-21)23(35-2)36-3/h4-5,8-9,11,13,23H,6-7,10H2,1-3H3,(H2,26,33)(H,28,34)/t13-/m1/s1. The lowest BCUT2D eigenvalue weighted by atomic mass is 10.1. The van der Waals surface area contributed by atoms with Crippen molar-refractivity contribution in [2.45, 2.75) is 25.7 Å². The number of benzene rings is 1. The summed E-state index contributed by atoms with van der Waals surface area (Å²) in [6.45, 7) is 2.42. The number of anilines is 1. The number of carbonyl (C=O) groups is 2. The number of methoxy groups -OCH3 is 2. The SMILES string of the molecule is COC(OC)c1cc(C(N)=O)c(F)c(N2CC[C@@H](NC(=O)c3ccc(-n4cnc(C)n4)cc3Cl)C2)n1. The van der Waals surface area contributed by atoms with Gasteiger partial charge in [0.25, 0.3) is 11.8 Å².